The summed E-state index contributed by atoms with van der Waals surface area (Å²) in [5.74, 6) is 5.39. The number of hydrogen-bond acceptors (Lipinski definition) is 6. The van der Waals surface area contributed by atoms with E-state index in [2.05, 4.69) is 20.5 Å². The standard InChI is InChI=1S/C16H22N6O3/c1-11(7-8-13-19-14(22-21-13)15(23)20-17)9-18-16(24)25-10-12-5-3-2-4-6-12/h2-6,11H,7-10,17H2,1H3,(H,18,24)(H,20,23)(H,19,21,22). The van der Waals surface area contributed by atoms with Crippen LogP contribution in [-0.2, 0) is 17.8 Å². The van der Waals surface area contributed by atoms with E-state index >= 15 is 0 Å². The SMILES string of the molecule is CC(CCc1nnc(C(=O)NN)[nH]1)CNC(=O)OCc1ccccc1. The number of nitrogens with one attached hydrogen (secondary N) is 3. The average molecular weight is 346 g/mol. The molecule has 1 unspecified atom stereocenters. The van der Waals surface area contributed by atoms with Crippen molar-refractivity contribution in [2.45, 2.75) is 26.4 Å². The van der Waals surface area contributed by atoms with E-state index in [1.807, 2.05) is 42.7 Å². The van der Waals surface area contributed by atoms with Crippen LogP contribution < -0.4 is 16.6 Å². The number of benzene rings is 1. The van der Waals surface area contributed by atoms with Crippen LogP contribution in [0, 0.1) is 5.92 Å². The number of nitrogen functional groups attached to an aromatic ring is 1. The highest BCUT2D eigenvalue weighted by Gasteiger charge is 2.12. The predicted molar refractivity (Wildman–Crippen MR) is 90.2 cm³/mol. The number of amides is 2. The van der Waals surface area contributed by atoms with E-state index in [9.17, 15) is 9.59 Å². The molecule has 25 heavy (non-hydrogen) atoms. The Hall–Kier alpha value is -2.94. The zero-order chi connectivity index (χ0) is 18.1. The van der Waals surface area contributed by atoms with Crippen LogP contribution in [-0.4, -0.2) is 33.7 Å². The Kier molecular flexibility index (Phi) is 6.90. The Bertz CT molecular complexity index is 688. The average Bonchev–Trinajstić information content (AvgIpc) is 3.12. The highest BCUT2D eigenvalue weighted by atomic mass is 16.5. The van der Waals surface area contributed by atoms with Crippen molar-refractivity contribution in [2.75, 3.05) is 6.54 Å². The second-order valence-electron chi connectivity index (χ2n) is 5.68. The Labute approximate surface area is 145 Å². The zero-order valence-electron chi connectivity index (χ0n) is 14.0. The number of carbonyl (C=O) groups is 2. The fourth-order valence-electron chi connectivity index (χ4n) is 2.10. The van der Waals surface area contributed by atoms with Crippen molar-refractivity contribution in [3.8, 4) is 0 Å². The lowest BCUT2D eigenvalue weighted by molar-refractivity contribution is 0.0943. The highest BCUT2D eigenvalue weighted by molar-refractivity contribution is 5.89. The van der Waals surface area contributed by atoms with Crippen LogP contribution in [0.2, 0.25) is 0 Å². The third-order valence-electron chi connectivity index (χ3n) is 3.56. The summed E-state index contributed by atoms with van der Waals surface area (Å²) in [6.07, 6.45) is 0.919. The van der Waals surface area contributed by atoms with Gasteiger partial charge < -0.3 is 15.0 Å². The minimum Gasteiger partial charge on any atom is -0.445 e. The van der Waals surface area contributed by atoms with Gasteiger partial charge in [-0.25, -0.2) is 10.6 Å². The van der Waals surface area contributed by atoms with Gasteiger partial charge in [0.05, 0.1) is 0 Å². The Morgan fingerprint density at radius 2 is 2.04 bits per heavy atom. The number of hydrogen-bond donors (Lipinski definition) is 4. The molecule has 9 heteroatoms. The summed E-state index contributed by atoms with van der Waals surface area (Å²) in [5.41, 5.74) is 2.92. The van der Waals surface area contributed by atoms with Crippen LogP contribution >= 0.6 is 0 Å². The molecular weight excluding hydrogens is 324 g/mol. The summed E-state index contributed by atoms with van der Waals surface area (Å²) in [5, 5.41) is 10.3. The first kappa shape index (κ1) is 18.4. The first-order valence-corrected chi connectivity index (χ1v) is 7.95. The van der Waals surface area contributed by atoms with Gasteiger partial charge in [0.15, 0.2) is 0 Å². The summed E-state index contributed by atoms with van der Waals surface area (Å²) in [4.78, 5) is 25.8. The van der Waals surface area contributed by atoms with Crippen molar-refractivity contribution >= 4 is 12.0 Å². The lowest BCUT2D eigenvalue weighted by Crippen LogP contribution is -2.30. The Balaban J connectivity index is 1.64. The molecule has 2 aromatic rings. The largest absolute Gasteiger partial charge is 0.445 e. The summed E-state index contributed by atoms with van der Waals surface area (Å²) < 4.78 is 5.15. The molecular formula is C16H22N6O3. The van der Waals surface area contributed by atoms with Gasteiger partial charge in [0.25, 0.3) is 0 Å². The van der Waals surface area contributed by atoms with E-state index in [1.165, 1.54) is 0 Å². The molecule has 9 nitrogen and oxygen atoms in total. The number of hydrazine groups is 1. The van der Waals surface area contributed by atoms with E-state index in [0.717, 1.165) is 12.0 Å². The fourth-order valence-corrected chi connectivity index (χ4v) is 2.10. The van der Waals surface area contributed by atoms with E-state index < -0.39 is 12.0 Å². The monoisotopic (exact) mass is 346 g/mol. The lowest BCUT2D eigenvalue weighted by atomic mass is 10.1. The number of alkyl carbamates (subject to hydrolysis) is 1. The van der Waals surface area contributed by atoms with Gasteiger partial charge in [-0.15, -0.1) is 10.2 Å². The van der Waals surface area contributed by atoms with Gasteiger partial charge in [-0.2, -0.15) is 0 Å². The topological polar surface area (TPSA) is 135 Å². The summed E-state index contributed by atoms with van der Waals surface area (Å²) in [6, 6.07) is 9.49. The van der Waals surface area contributed by atoms with Gasteiger partial charge in [-0.1, -0.05) is 37.3 Å². The van der Waals surface area contributed by atoms with Crippen molar-refractivity contribution in [2.24, 2.45) is 11.8 Å². The van der Waals surface area contributed by atoms with Crippen LogP contribution in [0.15, 0.2) is 30.3 Å². The summed E-state index contributed by atoms with van der Waals surface area (Å²) >= 11 is 0. The van der Waals surface area contributed by atoms with E-state index in [-0.39, 0.29) is 18.3 Å². The molecule has 1 heterocycles. The minimum absolute atomic E-state index is 0.0766. The molecule has 1 aromatic carbocycles. The molecule has 0 radical (unpaired) electrons. The molecule has 1 atom stereocenters. The molecule has 0 aliphatic heterocycles. The number of nitrogens with two attached hydrogens (primary N) is 1. The van der Waals surface area contributed by atoms with Crippen LogP contribution in [0.3, 0.4) is 0 Å². The van der Waals surface area contributed by atoms with Crippen LogP contribution in [0.25, 0.3) is 0 Å². The normalized spacial score (nSPS) is 11.6. The van der Waals surface area contributed by atoms with Gasteiger partial charge in [0.2, 0.25) is 5.82 Å². The Morgan fingerprint density at radius 3 is 2.76 bits per heavy atom. The van der Waals surface area contributed by atoms with Gasteiger partial charge in [-0.05, 0) is 17.9 Å². The number of aryl methyl sites for hydroxylation is 1. The summed E-state index contributed by atoms with van der Waals surface area (Å²) in [6.45, 7) is 2.73. The quantitative estimate of drug-likeness (QED) is 0.319. The number of ether oxygens (including phenoxy) is 1. The maximum atomic E-state index is 11.7. The van der Waals surface area contributed by atoms with Gasteiger partial charge >= 0.3 is 12.0 Å². The number of aromatic nitrogens is 3. The third-order valence-corrected chi connectivity index (χ3v) is 3.56. The van der Waals surface area contributed by atoms with Crippen molar-refractivity contribution in [3.63, 3.8) is 0 Å². The molecule has 5 N–H and O–H groups in total. The molecule has 0 saturated carbocycles. The van der Waals surface area contributed by atoms with Crippen molar-refractivity contribution in [1.29, 1.82) is 0 Å². The molecule has 0 aliphatic rings. The van der Waals surface area contributed by atoms with Gasteiger partial charge in [-0.3, -0.25) is 10.2 Å². The smallest absolute Gasteiger partial charge is 0.407 e. The molecule has 134 valence electrons. The molecule has 0 bridgehead atoms. The summed E-state index contributed by atoms with van der Waals surface area (Å²) in [7, 11) is 0. The molecule has 0 spiro atoms. The highest BCUT2D eigenvalue weighted by Crippen LogP contribution is 2.06. The van der Waals surface area contributed by atoms with Crippen molar-refractivity contribution < 1.29 is 14.3 Å². The number of aromatic amines is 1. The maximum Gasteiger partial charge on any atom is 0.407 e. The van der Waals surface area contributed by atoms with Crippen molar-refractivity contribution in [3.05, 3.63) is 47.5 Å². The van der Waals surface area contributed by atoms with Gasteiger partial charge in [0.1, 0.15) is 12.4 Å². The molecule has 0 aliphatic carbocycles. The van der Waals surface area contributed by atoms with Crippen LogP contribution in [0.4, 0.5) is 4.79 Å². The number of carbonyl (C=O) groups excluding carboxylic acids is 2. The second-order valence-corrected chi connectivity index (χ2v) is 5.68. The van der Waals surface area contributed by atoms with Crippen LogP contribution in [0.1, 0.15) is 35.4 Å². The third kappa shape index (κ3) is 6.22. The maximum absolute atomic E-state index is 11.7. The number of rotatable bonds is 8. The Morgan fingerprint density at radius 1 is 1.28 bits per heavy atom. The zero-order valence-corrected chi connectivity index (χ0v) is 14.0. The molecule has 2 rings (SSSR count). The van der Waals surface area contributed by atoms with E-state index in [4.69, 9.17) is 10.6 Å². The fraction of sp³-hybridized carbons (Fsp3) is 0.375. The van der Waals surface area contributed by atoms with E-state index in [1.54, 1.807) is 0 Å². The number of nitrogens with zero attached hydrogens (tertiary/aromatic N) is 2. The lowest BCUT2D eigenvalue weighted by Gasteiger charge is -2.12. The molecule has 1 aromatic heterocycles. The van der Waals surface area contributed by atoms with Crippen molar-refractivity contribution in [1.82, 2.24) is 25.9 Å². The molecule has 0 fully saturated rings. The minimum atomic E-state index is -0.519. The second kappa shape index (κ2) is 9.38. The first-order chi connectivity index (χ1) is 12.1. The molecule has 2 amide bonds. The first-order valence-electron chi connectivity index (χ1n) is 7.95. The van der Waals surface area contributed by atoms with Crippen LogP contribution in [0.5, 0.6) is 0 Å². The van der Waals surface area contributed by atoms with Gasteiger partial charge in [0, 0.05) is 13.0 Å². The molecule has 0 saturated heterocycles. The van der Waals surface area contributed by atoms with E-state index in [0.29, 0.717) is 18.8 Å². The predicted octanol–water partition coefficient (Wildman–Crippen LogP) is 0.903. The number of H-pyrrole nitrogens is 1.